The number of esters is 1. The van der Waals surface area contributed by atoms with Crippen molar-refractivity contribution in [3.05, 3.63) is 39.9 Å². The van der Waals surface area contributed by atoms with Gasteiger partial charge in [0.05, 0.1) is 10.0 Å². The first-order chi connectivity index (χ1) is 11.0. The van der Waals surface area contributed by atoms with E-state index in [4.69, 9.17) is 27.9 Å². The molecule has 0 aromatic heterocycles. The molecule has 1 unspecified atom stereocenters. The van der Waals surface area contributed by atoms with Gasteiger partial charge < -0.3 is 9.64 Å². The fourth-order valence-corrected chi connectivity index (χ4v) is 2.82. The van der Waals surface area contributed by atoms with Crippen LogP contribution in [0.3, 0.4) is 0 Å². The summed E-state index contributed by atoms with van der Waals surface area (Å²) in [5, 5.41) is 0.865. The summed E-state index contributed by atoms with van der Waals surface area (Å²) in [6, 6.07) is 5.24. The fourth-order valence-electron chi connectivity index (χ4n) is 2.51. The molecule has 1 atom stereocenters. The third-order valence-electron chi connectivity index (χ3n) is 3.82. The number of hydrogen-bond acceptors (Lipinski definition) is 3. The monoisotopic (exact) mass is 355 g/mol. The van der Waals surface area contributed by atoms with Crippen LogP contribution in [0.2, 0.25) is 10.0 Å². The van der Waals surface area contributed by atoms with Gasteiger partial charge in [0.25, 0.3) is 5.91 Å². The van der Waals surface area contributed by atoms with Crippen LogP contribution in [0.5, 0.6) is 0 Å². The molecule has 124 valence electrons. The number of likely N-dealkylation sites (tertiary alicyclic amines) is 1. The van der Waals surface area contributed by atoms with Gasteiger partial charge in [-0.05, 0) is 50.0 Å². The highest BCUT2D eigenvalue weighted by atomic mass is 35.5. The van der Waals surface area contributed by atoms with Crippen LogP contribution >= 0.6 is 23.2 Å². The maximum absolute atomic E-state index is 12.1. The summed E-state index contributed by atoms with van der Waals surface area (Å²) in [5.74, 6) is -0.706. The first kappa shape index (κ1) is 17.8. The number of halogens is 2. The Morgan fingerprint density at radius 3 is 2.78 bits per heavy atom. The number of carbonyl (C=O) groups excluding carboxylic acids is 2. The molecule has 1 saturated heterocycles. The molecule has 0 aliphatic carbocycles. The summed E-state index contributed by atoms with van der Waals surface area (Å²) in [5.41, 5.74) is 0.729. The molecule has 1 fully saturated rings. The van der Waals surface area contributed by atoms with E-state index < -0.39 is 5.97 Å². The molecule has 4 nitrogen and oxygen atoms in total. The highest BCUT2D eigenvalue weighted by Gasteiger charge is 2.23. The fraction of sp³-hybridized carbons (Fsp3) is 0.412. The average Bonchev–Trinajstić information content (AvgIpc) is 2.54. The predicted molar refractivity (Wildman–Crippen MR) is 91.5 cm³/mol. The normalized spacial score (nSPS) is 18.2. The molecule has 0 N–H and O–H groups in total. The van der Waals surface area contributed by atoms with Crippen molar-refractivity contribution >= 4 is 41.2 Å². The maximum Gasteiger partial charge on any atom is 0.331 e. The van der Waals surface area contributed by atoms with Crippen LogP contribution in [0.4, 0.5) is 0 Å². The van der Waals surface area contributed by atoms with E-state index in [9.17, 15) is 9.59 Å². The minimum Gasteiger partial charge on any atom is -0.452 e. The molecule has 23 heavy (non-hydrogen) atoms. The molecule has 1 amide bonds. The Labute approximate surface area is 146 Å². The van der Waals surface area contributed by atoms with Gasteiger partial charge in [-0.15, -0.1) is 0 Å². The number of piperidine rings is 1. The first-order valence-corrected chi connectivity index (χ1v) is 8.32. The van der Waals surface area contributed by atoms with Gasteiger partial charge >= 0.3 is 5.97 Å². The Morgan fingerprint density at radius 1 is 1.30 bits per heavy atom. The van der Waals surface area contributed by atoms with Crippen molar-refractivity contribution in [1.29, 1.82) is 0 Å². The Bertz CT molecular complexity index is 616. The van der Waals surface area contributed by atoms with Crippen LogP contribution in [0.1, 0.15) is 31.7 Å². The molecule has 1 aliphatic rings. The topological polar surface area (TPSA) is 46.6 Å². The van der Waals surface area contributed by atoms with Gasteiger partial charge in [0, 0.05) is 18.7 Å². The van der Waals surface area contributed by atoms with Crippen molar-refractivity contribution in [3.8, 4) is 0 Å². The largest absolute Gasteiger partial charge is 0.452 e. The number of ether oxygens (including phenoxy) is 1. The zero-order valence-electron chi connectivity index (χ0n) is 12.9. The lowest BCUT2D eigenvalue weighted by atomic mass is 10.0. The first-order valence-electron chi connectivity index (χ1n) is 7.56. The standard InChI is InChI=1S/C17H19Cl2NO3/c1-12-4-2-3-9-20(12)16(21)11-23-17(22)8-6-13-5-7-14(18)15(19)10-13/h5-8,10,12H,2-4,9,11H2,1H3/b8-6+. The van der Waals surface area contributed by atoms with Gasteiger partial charge in [0.1, 0.15) is 0 Å². The zero-order valence-corrected chi connectivity index (χ0v) is 14.4. The highest BCUT2D eigenvalue weighted by Crippen LogP contribution is 2.23. The van der Waals surface area contributed by atoms with Crippen molar-refractivity contribution < 1.29 is 14.3 Å². The summed E-state index contributed by atoms with van der Waals surface area (Å²) in [4.78, 5) is 25.5. The van der Waals surface area contributed by atoms with Gasteiger partial charge in [0.15, 0.2) is 6.61 Å². The van der Waals surface area contributed by atoms with Crippen LogP contribution < -0.4 is 0 Å². The minimum absolute atomic E-state index is 0.145. The molecule has 1 heterocycles. The number of carbonyl (C=O) groups is 2. The molecule has 6 heteroatoms. The second-order valence-corrected chi connectivity index (χ2v) is 6.36. The van der Waals surface area contributed by atoms with Gasteiger partial charge in [0.2, 0.25) is 0 Å². The molecule has 1 aliphatic heterocycles. The van der Waals surface area contributed by atoms with Crippen molar-refractivity contribution in [2.75, 3.05) is 13.2 Å². The number of benzene rings is 1. The number of hydrogen-bond donors (Lipinski definition) is 0. The van der Waals surface area contributed by atoms with Crippen molar-refractivity contribution in [2.45, 2.75) is 32.2 Å². The minimum atomic E-state index is -0.561. The number of rotatable bonds is 4. The van der Waals surface area contributed by atoms with Crippen LogP contribution in [0.15, 0.2) is 24.3 Å². The van der Waals surface area contributed by atoms with E-state index in [1.807, 2.05) is 6.92 Å². The Morgan fingerprint density at radius 2 is 2.09 bits per heavy atom. The maximum atomic E-state index is 12.1. The Balaban J connectivity index is 1.83. The van der Waals surface area contributed by atoms with E-state index in [0.717, 1.165) is 31.4 Å². The molecule has 0 saturated carbocycles. The second-order valence-electron chi connectivity index (χ2n) is 5.55. The molecule has 2 rings (SSSR count). The zero-order chi connectivity index (χ0) is 16.8. The van der Waals surface area contributed by atoms with Crippen LogP contribution in [-0.2, 0) is 14.3 Å². The van der Waals surface area contributed by atoms with Crippen molar-refractivity contribution in [3.63, 3.8) is 0 Å². The summed E-state index contributed by atoms with van der Waals surface area (Å²) in [7, 11) is 0. The predicted octanol–water partition coefficient (Wildman–Crippen LogP) is 3.95. The van der Waals surface area contributed by atoms with Crippen molar-refractivity contribution in [2.24, 2.45) is 0 Å². The highest BCUT2D eigenvalue weighted by molar-refractivity contribution is 6.42. The summed E-state index contributed by atoms with van der Waals surface area (Å²) in [6.07, 6.45) is 5.97. The SMILES string of the molecule is CC1CCCCN1C(=O)COC(=O)/C=C/c1ccc(Cl)c(Cl)c1. The van der Waals surface area contributed by atoms with Crippen molar-refractivity contribution in [1.82, 2.24) is 4.90 Å². The Kier molecular flexibility index (Phi) is 6.48. The van der Waals surface area contributed by atoms with E-state index >= 15 is 0 Å². The van der Waals surface area contributed by atoms with E-state index in [1.54, 1.807) is 29.2 Å². The molecule has 0 spiro atoms. The van der Waals surface area contributed by atoms with Crippen LogP contribution in [-0.4, -0.2) is 36.0 Å². The molecule has 0 bridgehead atoms. The molecule has 1 aromatic rings. The third kappa shape index (κ3) is 5.26. The van der Waals surface area contributed by atoms with Crippen LogP contribution in [0, 0.1) is 0 Å². The van der Waals surface area contributed by atoms with Crippen LogP contribution in [0.25, 0.3) is 6.08 Å². The lowest BCUT2D eigenvalue weighted by Gasteiger charge is -2.33. The average molecular weight is 356 g/mol. The van der Waals surface area contributed by atoms with E-state index in [2.05, 4.69) is 0 Å². The summed E-state index contributed by atoms with van der Waals surface area (Å²) in [6.45, 7) is 2.52. The van der Waals surface area contributed by atoms with Gasteiger partial charge in [-0.3, -0.25) is 4.79 Å². The van der Waals surface area contributed by atoms with Gasteiger partial charge in [-0.1, -0.05) is 29.3 Å². The Hall–Kier alpha value is -1.52. The van der Waals surface area contributed by atoms with Gasteiger partial charge in [-0.25, -0.2) is 4.79 Å². The molecule has 0 radical (unpaired) electrons. The summed E-state index contributed by atoms with van der Waals surface area (Å²) >= 11 is 11.7. The van der Waals surface area contributed by atoms with E-state index in [1.165, 1.54) is 6.08 Å². The number of nitrogens with zero attached hydrogens (tertiary/aromatic N) is 1. The number of amides is 1. The lowest BCUT2D eigenvalue weighted by molar-refractivity contribution is -0.149. The molecular formula is C17H19Cl2NO3. The molecule has 1 aromatic carbocycles. The smallest absolute Gasteiger partial charge is 0.331 e. The van der Waals surface area contributed by atoms with E-state index in [0.29, 0.717) is 10.0 Å². The lowest BCUT2D eigenvalue weighted by Crippen LogP contribution is -2.44. The molecular weight excluding hydrogens is 337 g/mol. The third-order valence-corrected chi connectivity index (χ3v) is 4.56. The van der Waals surface area contributed by atoms with Gasteiger partial charge in [-0.2, -0.15) is 0 Å². The summed E-state index contributed by atoms with van der Waals surface area (Å²) < 4.78 is 5.01. The quantitative estimate of drug-likeness (QED) is 0.606. The second kappa shape index (κ2) is 8.37. The van der Waals surface area contributed by atoms with E-state index in [-0.39, 0.29) is 18.6 Å².